The van der Waals surface area contributed by atoms with Gasteiger partial charge in [-0.1, -0.05) is 6.07 Å². The zero-order chi connectivity index (χ0) is 24.0. The minimum atomic E-state index is -4.38. The van der Waals surface area contributed by atoms with E-state index in [0.717, 1.165) is 17.7 Å². The number of halogens is 3. The Labute approximate surface area is 191 Å². The fraction of sp³-hybridized carbons (Fsp3) is 0.435. The number of nitrogens with zero attached hydrogens (tertiary/aromatic N) is 2. The SMILES string of the molecule is CCOc1c(OC)cc(CNC(=O)N2CCN(c3cccc(C(F)(F)F)c3)CC2)cc1OC. The van der Waals surface area contributed by atoms with Crippen molar-refractivity contribution >= 4 is 11.7 Å². The molecule has 10 heteroatoms. The Bertz CT molecular complexity index is 935. The average molecular weight is 467 g/mol. The Hall–Kier alpha value is -3.30. The molecule has 180 valence electrons. The van der Waals surface area contributed by atoms with E-state index in [0.29, 0.717) is 55.7 Å². The van der Waals surface area contributed by atoms with Gasteiger partial charge in [0.1, 0.15) is 0 Å². The minimum absolute atomic E-state index is 0.245. The first-order valence-electron chi connectivity index (χ1n) is 10.6. The summed E-state index contributed by atoms with van der Waals surface area (Å²) in [6.07, 6.45) is -4.38. The van der Waals surface area contributed by atoms with Gasteiger partial charge in [0.05, 0.1) is 26.4 Å². The molecule has 1 aliphatic rings. The number of ether oxygens (including phenoxy) is 3. The standard InChI is InChI=1S/C23H28F3N3O4/c1-4-33-21-19(31-2)12-16(13-20(21)32-3)15-27-22(30)29-10-8-28(9-11-29)18-7-5-6-17(14-18)23(24,25)26/h5-7,12-14H,4,8-11,15H2,1-3H3,(H,27,30). The van der Waals surface area contributed by atoms with Gasteiger partial charge in [0.15, 0.2) is 11.5 Å². The molecular weight excluding hydrogens is 439 g/mol. The third-order valence-electron chi connectivity index (χ3n) is 5.36. The summed E-state index contributed by atoms with van der Waals surface area (Å²) in [5.41, 5.74) is 0.600. The molecular formula is C23H28F3N3O4. The van der Waals surface area contributed by atoms with Crippen LogP contribution in [0.4, 0.5) is 23.7 Å². The van der Waals surface area contributed by atoms with E-state index < -0.39 is 11.7 Å². The molecule has 1 N–H and O–H groups in total. The van der Waals surface area contributed by atoms with E-state index in [-0.39, 0.29) is 12.6 Å². The topological polar surface area (TPSA) is 63.3 Å². The molecule has 0 atom stereocenters. The highest BCUT2D eigenvalue weighted by Gasteiger charge is 2.31. The first kappa shape index (κ1) is 24.3. The molecule has 0 radical (unpaired) electrons. The van der Waals surface area contributed by atoms with Gasteiger partial charge in [-0.2, -0.15) is 13.2 Å². The maximum Gasteiger partial charge on any atom is 0.416 e. The summed E-state index contributed by atoms with van der Waals surface area (Å²) >= 11 is 0. The lowest BCUT2D eigenvalue weighted by atomic mass is 10.1. The van der Waals surface area contributed by atoms with Crippen molar-refractivity contribution in [2.75, 3.05) is 51.9 Å². The van der Waals surface area contributed by atoms with Crippen LogP contribution in [0, 0.1) is 0 Å². The van der Waals surface area contributed by atoms with Crippen LogP contribution in [0.3, 0.4) is 0 Å². The normalized spacial score (nSPS) is 14.1. The number of amides is 2. The number of carbonyl (C=O) groups is 1. The highest BCUT2D eigenvalue weighted by Crippen LogP contribution is 2.38. The van der Waals surface area contributed by atoms with Crippen LogP contribution in [-0.2, 0) is 12.7 Å². The Morgan fingerprint density at radius 1 is 1.03 bits per heavy atom. The lowest BCUT2D eigenvalue weighted by Gasteiger charge is -2.36. The predicted octanol–water partition coefficient (Wildman–Crippen LogP) is 4.15. The maximum atomic E-state index is 13.0. The first-order valence-corrected chi connectivity index (χ1v) is 10.6. The van der Waals surface area contributed by atoms with Crippen LogP contribution in [0.25, 0.3) is 0 Å². The number of urea groups is 1. The number of benzene rings is 2. The van der Waals surface area contributed by atoms with Crippen LogP contribution >= 0.6 is 0 Å². The van der Waals surface area contributed by atoms with Gasteiger partial charge in [-0.3, -0.25) is 0 Å². The van der Waals surface area contributed by atoms with E-state index in [9.17, 15) is 18.0 Å². The number of alkyl halides is 3. The zero-order valence-corrected chi connectivity index (χ0v) is 18.9. The van der Waals surface area contributed by atoms with Gasteiger partial charge in [-0.15, -0.1) is 0 Å². The van der Waals surface area contributed by atoms with Crippen molar-refractivity contribution in [3.05, 3.63) is 47.5 Å². The molecule has 7 nitrogen and oxygen atoms in total. The van der Waals surface area contributed by atoms with Crippen LogP contribution in [0.1, 0.15) is 18.1 Å². The smallest absolute Gasteiger partial charge is 0.416 e. The number of hydrogen-bond donors (Lipinski definition) is 1. The second-order valence-electron chi connectivity index (χ2n) is 7.44. The molecule has 2 aromatic carbocycles. The largest absolute Gasteiger partial charge is 0.493 e. The molecule has 1 aliphatic heterocycles. The number of anilines is 1. The molecule has 3 rings (SSSR count). The number of methoxy groups -OCH3 is 2. The van der Waals surface area contributed by atoms with Crippen molar-refractivity contribution in [1.29, 1.82) is 0 Å². The lowest BCUT2D eigenvalue weighted by Crippen LogP contribution is -2.51. The fourth-order valence-electron chi connectivity index (χ4n) is 3.66. The fourth-order valence-corrected chi connectivity index (χ4v) is 3.66. The Morgan fingerprint density at radius 2 is 1.67 bits per heavy atom. The van der Waals surface area contributed by atoms with E-state index >= 15 is 0 Å². The van der Waals surface area contributed by atoms with Crippen molar-refractivity contribution in [3.63, 3.8) is 0 Å². The monoisotopic (exact) mass is 467 g/mol. The number of carbonyl (C=O) groups excluding carboxylic acids is 1. The second-order valence-corrected chi connectivity index (χ2v) is 7.44. The summed E-state index contributed by atoms with van der Waals surface area (Å²) in [5.74, 6) is 1.52. The van der Waals surface area contributed by atoms with Gasteiger partial charge >= 0.3 is 12.2 Å². The van der Waals surface area contributed by atoms with Crippen molar-refractivity contribution in [1.82, 2.24) is 10.2 Å². The summed E-state index contributed by atoms with van der Waals surface area (Å²) in [7, 11) is 3.06. The molecule has 0 saturated carbocycles. The van der Waals surface area contributed by atoms with Gasteiger partial charge in [-0.05, 0) is 42.8 Å². The van der Waals surface area contributed by atoms with E-state index in [2.05, 4.69) is 5.32 Å². The van der Waals surface area contributed by atoms with Crippen molar-refractivity contribution in [2.45, 2.75) is 19.6 Å². The van der Waals surface area contributed by atoms with Crippen LogP contribution < -0.4 is 24.4 Å². The van der Waals surface area contributed by atoms with Gasteiger partial charge in [0.25, 0.3) is 0 Å². The Kier molecular flexibility index (Phi) is 7.78. The average Bonchev–Trinajstić information content (AvgIpc) is 2.82. The van der Waals surface area contributed by atoms with Crippen LogP contribution in [0.5, 0.6) is 17.2 Å². The Balaban J connectivity index is 1.58. The highest BCUT2D eigenvalue weighted by molar-refractivity contribution is 5.74. The van der Waals surface area contributed by atoms with Crippen LogP contribution in [-0.4, -0.2) is 57.9 Å². The van der Waals surface area contributed by atoms with Crippen molar-refractivity contribution in [2.24, 2.45) is 0 Å². The quantitative estimate of drug-likeness (QED) is 0.663. The van der Waals surface area contributed by atoms with Crippen LogP contribution in [0.15, 0.2) is 36.4 Å². The summed E-state index contributed by atoms with van der Waals surface area (Å²) in [6.45, 7) is 4.26. The summed E-state index contributed by atoms with van der Waals surface area (Å²) in [4.78, 5) is 16.1. The summed E-state index contributed by atoms with van der Waals surface area (Å²) in [5, 5.41) is 2.87. The summed E-state index contributed by atoms with van der Waals surface area (Å²) < 4.78 is 55.3. The van der Waals surface area contributed by atoms with Gasteiger partial charge < -0.3 is 29.3 Å². The molecule has 0 spiro atoms. The first-order chi connectivity index (χ1) is 15.8. The van der Waals surface area contributed by atoms with E-state index in [1.165, 1.54) is 20.3 Å². The third kappa shape index (κ3) is 5.94. The number of hydrogen-bond acceptors (Lipinski definition) is 5. The highest BCUT2D eigenvalue weighted by atomic mass is 19.4. The second kappa shape index (κ2) is 10.5. The van der Waals surface area contributed by atoms with Gasteiger partial charge in [0, 0.05) is 38.4 Å². The predicted molar refractivity (Wildman–Crippen MR) is 118 cm³/mol. The van der Waals surface area contributed by atoms with Crippen molar-refractivity contribution in [3.8, 4) is 17.2 Å². The van der Waals surface area contributed by atoms with E-state index in [1.807, 2.05) is 11.8 Å². The molecule has 33 heavy (non-hydrogen) atoms. The molecule has 2 amide bonds. The molecule has 0 aliphatic carbocycles. The van der Waals surface area contributed by atoms with E-state index in [1.54, 1.807) is 23.1 Å². The van der Waals surface area contributed by atoms with E-state index in [4.69, 9.17) is 14.2 Å². The summed E-state index contributed by atoms with van der Waals surface area (Å²) in [6, 6.07) is 8.55. The minimum Gasteiger partial charge on any atom is -0.493 e. The van der Waals surface area contributed by atoms with Crippen LogP contribution in [0.2, 0.25) is 0 Å². The molecule has 1 heterocycles. The number of rotatable bonds is 7. The number of piperazine rings is 1. The molecule has 0 bridgehead atoms. The maximum absolute atomic E-state index is 13.0. The lowest BCUT2D eigenvalue weighted by molar-refractivity contribution is -0.137. The Morgan fingerprint density at radius 3 is 2.21 bits per heavy atom. The van der Waals surface area contributed by atoms with Gasteiger partial charge in [-0.25, -0.2) is 4.79 Å². The molecule has 0 unspecified atom stereocenters. The molecule has 1 saturated heterocycles. The molecule has 1 fully saturated rings. The van der Waals surface area contributed by atoms with Gasteiger partial charge in [0.2, 0.25) is 5.75 Å². The molecule has 0 aromatic heterocycles. The zero-order valence-electron chi connectivity index (χ0n) is 18.9. The van der Waals surface area contributed by atoms with Crippen molar-refractivity contribution < 1.29 is 32.2 Å². The number of nitrogens with one attached hydrogen (secondary N) is 1. The molecule has 2 aromatic rings. The third-order valence-corrected chi connectivity index (χ3v) is 5.36.